The largest absolute Gasteiger partial charge is 0.452 e. The van der Waals surface area contributed by atoms with Crippen molar-refractivity contribution in [3.8, 4) is 0 Å². The molecule has 21 heavy (non-hydrogen) atoms. The van der Waals surface area contributed by atoms with Crippen LogP contribution in [0.25, 0.3) is 0 Å². The summed E-state index contributed by atoms with van der Waals surface area (Å²) in [6.45, 7) is 2.55. The second-order valence-electron chi connectivity index (χ2n) is 4.80. The molecule has 0 radical (unpaired) electrons. The fraction of sp³-hybridized carbons (Fsp3) is 0.286. The SMILES string of the molecule is Nc1cccnc1N1CCN(C(=O)c2ccoc2Cl)CC1. The number of anilines is 2. The standard InChI is InChI=1S/C14H15ClN4O2/c15-12-10(3-9-21-12)14(20)19-7-5-18(6-8-19)13-11(16)2-1-4-17-13/h1-4,9H,5-8,16H2. The molecule has 0 bridgehead atoms. The van der Waals surface area contributed by atoms with Gasteiger partial charge in [-0.15, -0.1) is 0 Å². The quantitative estimate of drug-likeness (QED) is 0.916. The van der Waals surface area contributed by atoms with Gasteiger partial charge in [-0.3, -0.25) is 4.79 Å². The van der Waals surface area contributed by atoms with Crippen molar-refractivity contribution in [3.05, 3.63) is 41.4 Å². The van der Waals surface area contributed by atoms with Crippen molar-refractivity contribution < 1.29 is 9.21 Å². The Morgan fingerprint density at radius 2 is 2.05 bits per heavy atom. The van der Waals surface area contributed by atoms with Gasteiger partial charge in [-0.25, -0.2) is 4.98 Å². The third kappa shape index (κ3) is 2.67. The molecule has 6 nitrogen and oxygen atoms in total. The lowest BCUT2D eigenvalue weighted by molar-refractivity contribution is 0.0746. The van der Waals surface area contributed by atoms with Gasteiger partial charge in [0.1, 0.15) is 0 Å². The Balaban J connectivity index is 1.67. The van der Waals surface area contributed by atoms with Crippen LogP contribution < -0.4 is 10.6 Å². The molecule has 3 rings (SSSR count). The molecule has 0 unspecified atom stereocenters. The van der Waals surface area contributed by atoms with E-state index in [0.29, 0.717) is 37.4 Å². The number of amides is 1. The van der Waals surface area contributed by atoms with Crippen molar-refractivity contribution >= 4 is 29.0 Å². The molecule has 110 valence electrons. The zero-order chi connectivity index (χ0) is 14.8. The number of carbonyl (C=O) groups excluding carboxylic acids is 1. The number of carbonyl (C=O) groups is 1. The van der Waals surface area contributed by atoms with Crippen LogP contribution in [-0.2, 0) is 0 Å². The monoisotopic (exact) mass is 306 g/mol. The van der Waals surface area contributed by atoms with Crippen LogP contribution in [0.5, 0.6) is 0 Å². The van der Waals surface area contributed by atoms with E-state index in [4.69, 9.17) is 21.8 Å². The molecule has 2 aromatic rings. The van der Waals surface area contributed by atoms with Gasteiger partial charge >= 0.3 is 0 Å². The molecule has 1 amide bonds. The zero-order valence-electron chi connectivity index (χ0n) is 11.3. The van der Waals surface area contributed by atoms with Crippen LogP contribution >= 0.6 is 11.6 Å². The summed E-state index contributed by atoms with van der Waals surface area (Å²) < 4.78 is 4.96. The second-order valence-corrected chi connectivity index (χ2v) is 5.15. The van der Waals surface area contributed by atoms with Gasteiger partial charge in [0.05, 0.1) is 17.5 Å². The maximum absolute atomic E-state index is 12.3. The highest BCUT2D eigenvalue weighted by Gasteiger charge is 2.25. The summed E-state index contributed by atoms with van der Waals surface area (Å²) in [5.74, 6) is 0.660. The van der Waals surface area contributed by atoms with Gasteiger partial charge in [-0.2, -0.15) is 0 Å². The molecular formula is C14H15ClN4O2. The average Bonchev–Trinajstić information content (AvgIpc) is 2.93. The van der Waals surface area contributed by atoms with Crippen LogP contribution in [0.1, 0.15) is 10.4 Å². The predicted molar refractivity (Wildman–Crippen MR) is 80.5 cm³/mol. The van der Waals surface area contributed by atoms with Gasteiger partial charge in [0.2, 0.25) is 5.22 Å². The maximum Gasteiger partial charge on any atom is 0.258 e. The van der Waals surface area contributed by atoms with Gasteiger partial charge in [-0.1, -0.05) is 0 Å². The van der Waals surface area contributed by atoms with E-state index >= 15 is 0 Å². The number of nitrogens with zero attached hydrogens (tertiary/aromatic N) is 3. The van der Waals surface area contributed by atoms with E-state index in [-0.39, 0.29) is 11.1 Å². The highest BCUT2D eigenvalue weighted by molar-refractivity contribution is 6.32. The molecule has 7 heteroatoms. The van der Waals surface area contributed by atoms with E-state index in [0.717, 1.165) is 5.82 Å². The Hall–Kier alpha value is -2.21. The van der Waals surface area contributed by atoms with Crippen LogP contribution in [0.2, 0.25) is 5.22 Å². The third-order valence-electron chi connectivity index (χ3n) is 3.53. The molecule has 0 aromatic carbocycles. The number of halogens is 1. The smallest absolute Gasteiger partial charge is 0.258 e. The lowest BCUT2D eigenvalue weighted by Crippen LogP contribution is -2.49. The molecule has 1 aliphatic rings. The highest BCUT2D eigenvalue weighted by Crippen LogP contribution is 2.23. The van der Waals surface area contributed by atoms with Crippen molar-refractivity contribution in [1.82, 2.24) is 9.88 Å². The van der Waals surface area contributed by atoms with Crippen molar-refractivity contribution in [1.29, 1.82) is 0 Å². The molecule has 0 spiro atoms. The van der Waals surface area contributed by atoms with Crippen LogP contribution in [0, 0.1) is 0 Å². The zero-order valence-corrected chi connectivity index (χ0v) is 12.1. The third-order valence-corrected chi connectivity index (χ3v) is 3.82. The van der Waals surface area contributed by atoms with Crippen LogP contribution in [0.15, 0.2) is 35.1 Å². The summed E-state index contributed by atoms with van der Waals surface area (Å²) in [4.78, 5) is 20.4. The number of hydrogen-bond donors (Lipinski definition) is 1. The number of piperazine rings is 1. The minimum Gasteiger partial charge on any atom is -0.452 e. The van der Waals surface area contributed by atoms with Crippen LogP contribution in [0.3, 0.4) is 0 Å². The van der Waals surface area contributed by atoms with Gasteiger partial charge < -0.3 is 20.0 Å². The number of nitrogens with two attached hydrogens (primary N) is 1. The van der Waals surface area contributed by atoms with Crippen molar-refractivity contribution in [2.45, 2.75) is 0 Å². The second kappa shape index (κ2) is 5.65. The van der Waals surface area contributed by atoms with Crippen LogP contribution in [0.4, 0.5) is 11.5 Å². The molecule has 0 atom stereocenters. The Bertz CT molecular complexity index is 650. The van der Waals surface area contributed by atoms with Crippen molar-refractivity contribution in [3.63, 3.8) is 0 Å². The molecular weight excluding hydrogens is 292 g/mol. The van der Waals surface area contributed by atoms with E-state index in [1.165, 1.54) is 6.26 Å². The summed E-state index contributed by atoms with van der Waals surface area (Å²) in [5, 5.41) is 0.136. The first-order chi connectivity index (χ1) is 10.2. The number of nitrogen functional groups attached to an aromatic ring is 1. The van der Waals surface area contributed by atoms with E-state index in [9.17, 15) is 4.79 Å². The minimum absolute atomic E-state index is 0.109. The fourth-order valence-electron chi connectivity index (χ4n) is 2.41. The first-order valence-corrected chi connectivity index (χ1v) is 7.02. The topological polar surface area (TPSA) is 75.6 Å². The number of furan rings is 1. The Kier molecular flexibility index (Phi) is 3.70. The molecule has 2 aromatic heterocycles. The molecule has 3 heterocycles. The number of pyridine rings is 1. The van der Waals surface area contributed by atoms with E-state index < -0.39 is 0 Å². The summed E-state index contributed by atoms with van der Waals surface area (Å²) in [7, 11) is 0. The van der Waals surface area contributed by atoms with E-state index in [1.807, 2.05) is 6.07 Å². The van der Waals surface area contributed by atoms with Gasteiger partial charge in [0.15, 0.2) is 5.82 Å². The van der Waals surface area contributed by atoms with Gasteiger partial charge in [-0.05, 0) is 29.8 Å². The first kappa shape index (κ1) is 13.8. The lowest BCUT2D eigenvalue weighted by atomic mass is 10.2. The molecule has 1 saturated heterocycles. The average molecular weight is 307 g/mol. The normalized spacial score (nSPS) is 15.3. The van der Waals surface area contributed by atoms with E-state index in [2.05, 4.69) is 9.88 Å². The highest BCUT2D eigenvalue weighted by atomic mass is 35.5. The summed E-state index contributed by atoms with van der Waals surface area (Å²) in [6, 6.07) is 5.22. The Morgan fingerprint density at radius 3 is 2.67 bits per heavy atom. The summed E-state index contributed by atoms with van der Waals surface area (Å²) >= 11 is 5.85. The van der Waals surface area contributed by atoms with Crippen LogP contribution in [-0.4, -0.2) is 42.0 Å². The maximum atomic E-state index is 12.3. The molecule has 1 aliphatic heterocycles. The number of aromatic nitrogens is 1. The van der Waals surface area contributed by atoms with Gasteiger partial charge in [0, 0.05) is 32.4 Å². The lowest BCUT2D eigenvalue weighted by Gasteiger charge is -2.35. The number of hydrogen-bond acceptors (Lipinski definition) is 5. The summed E-state index contributed by atoms with van der Waals surface area (Å²) in [5.41, 5.74) is 6.98. The van der Waals surface area contributed by atoms with Crippen molar-refractivity contribution in [2.75, 3.05) is 36.8 Å². The molecule has 0 saturated carbocycles. The minimum atomic E-state index is -0.109. The Labute approximate surface area is 127 Å². The fourth-order valence-corrected chi connectivity index (χ4v) is 2.61. The van der Waals surface area contributed by atoms with Crippen molar-refractivity contribution in [2.24, 2.45) is 0 Å². The Morgan fingerprint density at radius 1 is 1.29 bits per heavy atom. The number of rotatable bonds is 2. The first-order valence-electron chi connectivity index (χ1n) is 6.64. The van der Waals surface area contributed by atoms with E-state index in [1.54, 1.807) is 23.2 Å². The molecule has 0 aliphatic carbocycles. The molecule has 2 N–H and O–H groups in total. The molecule has 1 fully saturated rings. The van der Waals surface area contributed by atoms with Gasteiger partial charge in [0.25, 0.3) is 5.91 Å². The predicted octanol–water partition coefficient (Wildman–Crippen LogP) is 1.87. The summed E-state index contributed by atoms with van der Waals surface area (Å²) in [6.07, 6.45) is 3.13.